The zero-order valence-corrected chi connectivity index (χ0v) is 33.8. The summed E-state index contributed by atoms with van der Waals surface area (Å²) in [6, 6.07) is 5.29. The Bertz CT molecular complexity index is 2080. The molecule has 3 aromatic heterocycles. The van der Waals surface area contributed by atoms with Crippen LogP contribution in [0.5, 0.6) is 5.75 Å². The minimum Gasteiger partial charge on any atom is -0.494 e. The van der Waals surface area contributed by atoms with Crippen LogP contribution in [0.25, 0.3) is 0 Å². The monoisotopic (exact) mass is 938 g/mol. The Morgan fingerprint density at radius 2 is 0.905 bits per heavy atom. The highest BCUT2D eigenvalue weighted by atomic mass is 19.4. The number of rotatable bonds is 19. The summed E-state index contributed by atoms with van der Waals surface area (Å²) in [6.45, 7) is 11.8. The summed E-state index contributed by atoms with van der Waals surface area (Å²) in [6.07, 6.45) is -6.55. The summed E-state index contributed by atoms with van der Waals surface area (Å²) in [7, 11) is 0. The zero-order valence-electron chi connectivity index (χ0n) is 33.8. The van der Waals surface area contributed by atoms with Crippen LogP contribution in [0, 0.1) is 0 Å². The summed E-state index contributed by atoms with van der Waals surface area (Å²) < 4.78 is 240. The summed E-state index contributed by atoms with van der Waals surface area (Å²) in [5.41, 5.74) is 1.75. The topological polar surface area (TPSA) is 105 Å². The van der Waals surface area contributed by atoms with Crippen LogP contribution in [-0.4, -0.2) is 104 Å². The molecule has 0 atom stereocenters. The van der Waals surface area contributed by atoms with Gasteiger partial charge in [0.05, 0.1) is 59.9 Å². The lowest BCUT2D eigenvalue weighted by Crippen LogP contribution is -2.74. The number of benzene rings is 1. The molecule has 63 heavy (non-hydrogen) atoms. The van der Waals surface area contributed by atoms with Gasteiger partial charge >= 0.3 is 47.6 Å². The number of hydrogen-bond acceptors (Lipinski definition) is 8. The predicted molar refractivity (Wildman–Crippen MR) is 184 cm³/mol. The third-order valence-electron chi connectivity index (χ3n) is 9.16. The highest BCUT2D eigenvalue weighted by Crippen LogP contribution is 2.64. The fraction of sp³-hybridized carbons (Fsp3) is 0.657. The quantitative estimate of drug-likeness (QED) is 0.0677. The molecule has 4 rings (SSSR count). The van der Waals surface area contributed by atoms with E-state index in [1.165, 1.54) is 28.9 Å². The first-order chi connectivity index (χ1) is 28.4. The summed E-state index contributed by atoms with van der Waals surface area (Å²) in [5, 5.41) is 25.3. The highest BCUT2D eigenvalue weighted by molar-refractivity contribution is 5.27. The van der Waals surface area contributed by atoms with Crippen LogP contribution in [0.15, 0.2) is 42.9 Å². The average Bonchev–Trinajstić information content (AvgIpc) is 3.92. The van der Waals surface area contributed by atoms with Gasteiger partial charge in [-0.2, -0.15) is 74.6 Å². The Balaban J connectivity index is 1.37. The second-order valence-corrected chi connectivity index (χ2v) is 16.4. The molecule has 0 fully saturated rings. The van der Waals surface area contributed by atoms with Crippen molar-refractivity contribution in [2.75, 3.05) is 6.61 Å². The fourth-order valence-corrected chi connectivity index (χ4v) is 5.46. The fourth-order valence-electron chi connectivity index (χ4n) is 5.46. The molecule has 0 radical (unpaired) electrons. The Labute approximate surface area is 346 Å². The normalized spacial score (nSPS) is 14.5. The molecule has 0 bridgehead atoms. The Morgan fingerprint density at radius 3 is 1.32 bits per heavy atom. The van der Waals surface area contributed by atoms with Crippen molar-refractivity contribution >= 4 is 0 Å². The lowest BCUT2D eigenvalue weighted by Gasteiger charge is -2.42. The zero-order chi connectivity index (χ0) is 48.0. The summed E-state index contributed by atoms with van der Waals surface area (Å²) in [4.78, 5) is 1.98. The van der Waals surface area contributed by atoms with Crippen LogP contribution >= 0.6 is 0 Å². The van der Waals surface area contributed by atoms with Crippen LogP contribution in [0.3, 0.4) is 0 Å². The average molecular weight is 939 g/mol. The van der Waals surface area contributed by atoms with E-state index < -0.39 is 67.1 Å². The van der Waals surface area contributed by atoms with Gasteiger partial charge in [0.25, 0.3) is 0 Å². The number of aromatic nitrogens is 9. The molecule has 0 aliphatic heterocycles. The van der Waals surface area contributed by atoms with E-state index in [-0.39, 0.29) is 29.9 Å². The van der Waals surface area contributed by atoms with Gasteiger partial charge in [0, 0.05) is 26.1 Å². The number of nitrogens with zero attached hydrogens (tertiary/aromatic N) is 10. The van der Waals surface area contributed by atoms with Crippen molar-refractivity contribution in [3.05, 3.63) is 65.5 Å². The van der Waals surface area contributed by atoms with Crippen LogP contribution in [0.4, 0.5) is 74.6 Å². The molecule has 0 aliphatic rings. The van der Waals surface area contributed by atoms with Crippen molar-refractivity contribution < 1.29 is 79.4 Å². The van der Waals surface area contributed by atoms with Crippen molar-refractivity contribution in [3.8, 4) is 5.75 Å². The van der Waals surface area contributed by atoms with Gasteiger partial charge in [0.1, 0.15) is 5.75 Å². The first-order valence-electron chi connectivity index (χ1n) is 18.3. The van der Waals surface area contributed by atoms with Crippen LogP contribution in [-0.2, 0) is 37.3 Å². The van der Waals surface area contributed by atoms with E-state index in [1.54, 1.807) is 15.6 Å². The van der Waals surface area contributed by atoms with Gasteiger partial charge in [-0.05, 0) is 65.7 Å². The predicted octanol–water partition coefficient (Wildman–Crippen LogP) is 9.39. The Kier molecular flexibility index (Phi) is 13.7. The second kappa shape index (κ2) is 17.0. The van der Waals surface area contributed by atoms with Crippen molar-refractivity contribution in [1.29, 1.82) is 0 Å². The number of hydrogen-bond donors (Lipinski definition) is 0. The first kappa shape index (κ1) is 50.9. The van der Waals surface area contributed by atoms with Gasteiger partial charge in [-0.15, -0.1) is 15.3 Å². The molecule has 0 amide bonds. The van der Waals surface area contributed by atoms with Gasteiger partial charge in [-0.3, -0.25) is 4.90 Å². The standard InChI is InChI=1S/C35H39F17N10O/c1-26(2,3)61-19-23(54-57-61)16-59(17-24-20-62(58-55-24)27(4,5)6)15-22-18-60(56-53-22)14-21-8-10-25(11-9-21)63-13-7-12-28(36,37)29(38,39)30(40,41)31(42,43)32(44,45)33(46,47)34(48,49)35(50,51)52/h8-11,18-20H,7,12-17H2,1-6H3. The maximum absolute atomic E-state index is 14.3. The summed E-state index contributed by atoms with van der Waals surface area (Å²) in [5.74, 6) is -56.7. The minimum absolute atomic E-state index is 0.103. The van der Waals surface area contributed by atoms with E-state index in [4.69, 9.17) is 4.74 Å². The van der Waals surface area contributed by atoms with Crippen LogP contribution in [0.1, 0.15) is 77.0 Å². The maximum atomic E-state index is 14.3. The molecule has 1 aromatic carbocycles. The molecule has 354 valence electrons. The number of alkyl halides is 17. The molecule has 0 N–H and O–H groups in total. The van der Waals surface area contributed by atoms with Gasteiger partial charge in [-0.25, -0.2) is 14.0 Å². The number of halogens is 17. The van der Waals surface area contributed by atoms with E-state index in [0.29, 0.717) is 35.7 Å². The van der Waals surface area contributed by atoms with Gasteiger partial charge < -0.3 is 4.74 Å². The largest absolute Gasteiger partial charge is 0.494 e. The van der Waals surface area contributed by atoms with Crippen molar-refractivity contribution in [2.45, 2.75) is 139 Å². The molecular weight excluding hydrogens is 899 g/mol. The molecule has 0 spiro atoms. The third kappa shape index (κ3) is 10.1. The van der Waals surface area contributed by atoms with Gasteiger partial charge in [0.15, 0.2) is 0 Å². The SMILES string of the molecule is CC(C)(C)n1cc(CN(Cc2cn(Cc3ccc(OCCCC(F)(F)C(F)(F)C(F)(F)C(F)(F)C(F)(F)C(F)(F)C(F)(F)C(F)(F)F)cc3)nn2)Cc2cn(C(C)(C)C)nn2)nn1. The maximum Gasteiger partial charge on any atom is 0.460 e. The Morgan fingerprint density at radius 1 is 0.508 bits per heavy atom. The van der Waals surface area contributed by atoms with Crippen molar-refractivity contribution in [1.82, 2.24) is 49.9 Å². The molecule has 11 nitrogen and oxygen atoms in total. The summed E-state index contributed by atoms with van der Waals surface area (Å²) >= 11 is 0. The molecule has 28 heteroatoms. The molecule has 0 unspecified atom stereocenters. The molecule has 4 aromatic rings. The van der Waals surface area contributed by atoms with Gasteiger partial charge in [-0.1, -0.05) is 27.8 Å². The lowest BCUT2D eigenvalue weighted by molar-refractivity contribution is -0.461. The van der Waals surface area contributed by atoms with E-state index in [0.717, 1.165) is 0 Å². The van der Waals surface area contributed by atoms with Crippen LogP contribution < -0.4 is 4.74 Å². The third-order valence-corrected chi connectivity index (χ3v) is 9.16. The highest BCUT2D eigenvalue weighted by Gasteiger charge is 2.95. The van der Waals surface area contributed by atoms with E-state index in [9.17, 15) is 74.6 Å². The molecule has 0 saturated carbocycles. The van der Waals surface area contributed by atoms with E-state index in [2.05, 4.69) is 30.9 Å². The smallest absolute Gasteiger partial charge is 0.460 e. The molecule has 0 saturated heterocycles. The lowest BCUT2D eigenvalue weighted by atomic mass is 9.88. The van der Waals surface area contributed by atoms with Crippen molar-refractivity contribution in [2.24, 2.45) is 0 Å². The Hall–Kier alpha value is -4.79. The van der Waals surface area contributed by atoms with E-state index in [1.807, 2.05) is 58.8 Å². The number of ether oxygens (including phenoxy) is 1. The molecular formula is C35H39F17N10O. The minimum atomic E-state index is -8.67. The van der Waals surface area contributed by atoms with Gasteiger partial charge in [0.2, 0.25) is 0 Å². The second-order valence-electron chi connectivity index (χ2n) is 16.4. The van der Waals surface area contributed by atoms with Crippen LogP contribution in [0.2, 0.25) is 0 Å². The molecule has 0 aliphatic carbocycles. The molecule has 3 heterocycles. The first-order valence-corrected chi connectivity index (χ1v) is 18.3. The van der Waals surface area contributed by atoms with E-state index >= 15 is 0 Å². The van der Waals surface area contributed by atoms with Crippen molar-refractivity contribution in [3.63, 3.8) is 0 Å².